The maximum Gasteiger partial charge on any atom is 0.407 e. The summed E-state index contributed by atoms with van der Waals surface area (Å²) in [5.41, 5.74) is 1.06. The first kappa shape index (κ1) is 25.2. The number of hydrogen-bond donors (Lipinski definition) is 4. The van der Waals surface area contributed by atoms with Crippen molar-refractivity contribution in [2.24, 2.45) is 0 Å². The fourth-order valence-electron chi connectivity index (χ4n) is 3.49. The van der Waals surface area contributed by atoms with E-state index in [2.05, 4.69) is 10.3 Å². The molecular weight excluding hydrogens is 467 g/mol. The fraction of sp³-hybridized carbons (Fsp3) is 0.333. The van der Waals surface area contributed by atoms with E-state index in [9.17, 15) is 28.7 Å². The molecule has 0 unspecified atom stereocenters. The van der Waals surface area contributed by atoms with Crippen molar-refractivity contribution in [1.82, 2.24) is 20.1 Å². The lowest BCUT2D eigenvalue weighted by Crippen LogP contribution is -2.56. The van der Waals surface area contributed by atoms with Crippen LogP contribution >= 0.6 is 7.60 Å². The van der Waals surface area contributed by atoms with Crippen LogP contribution in [0.5, 0.6) is 5.75 Å². The monoisotopic (exact) mass is 492 g/mol. The molecule has 0 radical (unpaired) electrons. The first-order chi connectivity index (χ1) is 16.1. The van der Waals surface area contributed by atoms with Crippen molar-refractivity contribution in [1.29, 1.82) is 0 Å². The number of pyridine rings is 1. The third-order valence-electron chi connectivity index (χ3n) is 5.22. The van der Waals surface area contributed by atoms with Gasteiger partial charge in [0.2, 0.25) is 5.91 Å². The summed E-state index contributed by atoms with van der Waals surface area (Å²) in [6.45, 7) is 0.174. The second kappa shape index (κ2) is 10.6. The van der Waals surface area contributed by atoms with E-state index >= 15 is 0 Å². The Labute approximate surface area is 195 Å². The van der Waals surface area contributed by atoms with Gasteiger partial charge in [-0.3, -0.25) is 14.2 Å². The topological polar surface area (TPSA) is 170 Å². The minimum Gasteiger partial charge on any atom is -0.497 e. The van der Waals surface area contributed by atoms with Crippen LogP contribution in [0, 0.1) is 0 Å². The number of carbonyl (C=O) groups is 3. The molecule has 1 aromatic heterocycles. The molecule has 1 aliphatic heterocycles. The lowest BCUT2D eigenvalue weighted by atomic mass is 10.1. The Bertz CT molecular complexity index is 1100. The van der Waals surface area contributed by atoms with Gasteiger partial charge in [0.15, 0.2) is 0 Å². The fourth-order valence-corrected chi connectivity index (χ4v) is 4.21. The van der Waals surface area contributed by atoms with E-state index in [-0.39, 0.29) is 31.9 Å². The summed E-state index contributed by atoms with van der Waals surface area (Å²) < 4.78 is 16.9. The first-order valence-corrected chi connectivity index (χ1v) is 12.1. The predicted molar refractivity (Wildman–Crippen MR) is 121 cm³/mol. The Morgan fingerprint density at radius 1 is 1.09 bits per heavy atom. The number of aromatic nitrogens is 1. The molecule has 1 atom stereocenters. The summed E-state index contributed by atoms with van der Waals surface area (Å²) in [4.78, 5) is 62.7. The van der Waals surface area contributed by atoms with Gasteiger partial charge in [-0.1, -0.05) is 30.3 Å². The summed E-state index contributed by atoms with van der Waals surface area (Å²) >= 11 is 0. The maximum atomic E-state index is 13.0. The molecule has 1 aliphatic rings. The third kappa shape index (κ3) is 6.53. The van der Waals surface area contributed by atoms with E-state index in [0.717, 1.165) is 10.5 Å². The van der Waals surface area contributed by atoms with Crippen molar-refractivity contribution in [3.63, 3.8) is 0 Å². The maximum absolute atomic E-state index is 13.0. The molecule has 3 amide bonds. The average molecular weight is 492 g/mol. The molecule has 0 saturated carbocycles. The molecule has 34 heavy (non-hydrogen) atoms. The van der Waals surface area contributed by atoms with Gasteiger partial charge in [-0.15, -0.1) is 0 Å². The number of nitrogens with one attached hydrogen (secondary N) is 1. The van der Waals surface area contributed by atoms with Gasteiger partial charge < -0.3 is 34.7 Å². The SMILES string of the molecule is COc1cc(C(=O)N[C@@H](CP(=O)(O)O)C(=O)N2CCN(C(=O)O)CC2)nc(-c2ccccc2)c1. The highest BCUT2D eigenvalue weighted by Gasteiger charge is 2.34. The van der Waals surface area contributed by atoms with Gasteiger partial charge in [-0.05, 0) is 0 Å². The summed E-state index contributed by atoms with van der Waals surface area (Å²) in [6.07, 6.45) is -2.03. The molecule has 2 heterocycles. The van der Waals surface area contributed by atoms with E-state index in [1.807, 2.05) is 6.07 Å². The van der Waals surface area contributed by atoms with Gasteiger partial charge in [0.05, 0.1) is 19.0 Å². The zero-order valence-corrected chi connectivity index (χ0v) is 19.2. The van der Waals surface area contributed by atoms with Crippen LogP contribution in [0.25, 0.3) is 11.3 Å². The van der Waals surface area contributed by atoms with Crippen LogP contribution in [0.3, 0.4) is 0 Å². The third-order valence-corrected chi connectivity index (χ3v) is 6.06. The van der Waals surface area contributed by atoms with Gasteiger partial charge in [-0.25, -0.2) is 9.78 Å². The number of methoxy groups -OCH3 is 1. The van der Waals surface area contributed by atoms with Crippen molar-refractivity contribution >= 4 is 25.5 Å². The van der Waals surface area contributed by atoms with E-state index in [4.69, 9.17) is 9.84 Å². The van der Waals surface area contributed by atoms with Crippen LogP contribution < -0.4 is 10.1 Å². The summed E-state index contributed by atoms with van der Waals surface area (Å²) in [5.74, 6) is -1.19. The molecule has 182 valence electrons. The van der Waals surface area contributed by atoms with Gasteiger partial charge in [-0.2, -0.15) is 0 Å². The Morgan fingerprint density at radius 2 is 1.71 bits per heavy atom. The molecule has 0 bridgehead atoms. The number of ether oxygens (including phenoxy) is 1. The number of nitrogens with zero attached hydrogens (tertiary/aromatic N) is 3. The van der Waals surface area contributed by atoms with E-state index in [0.29, 0.717) is 11.4 Å². The average Bonchev–Trinajstić information content (AvgIpc) is 2.82. The quantitative estimate of drug-likeness (QED) is 0.409. The van der Waals surface area contributed by atoms with Crippen LogP contribution in [0.15, 0.2) is 42.5 Å². The highest BCUT2D eigenvalue weighted by atomic mass is 31.2. The van der Waals surface area contributed by atoms with Crippen LogP contribution in [-0.2, 0) is 9.36 Å². The summed E-state index contributed by atoms with van der Waals surface area (Å²) in [5, 5.41) is 11.4. The number of carboxylic acid groups (broad SMARTS) is 1. The molecule has 1 saturated heterocycles. The Balaban J connectivity index is 1.83. The van der Waals surface area contributed by atoms with Crippen molar-refractivity contribution in [3.8, 4) is 17.0 Å². The normalized spacial score (nSPS) is 14.9. The summed E-state index contributed by atoms with van der Waals surface area (Å²) in [6, 6.07) is 10.5. The molecule has 1 fully saturated rings. The smallest absolute Gasteiger partial charge is 0.407 e. The number of amides is 3. The Kier molecular flexibility index (Phi) is 7.87. The number of rotatable bonds is 7. The first-order valence-electron chi connectivity index (χ1n) is 10.3. The van der Waals surface area contributed by atoms with Crippen LogP contribution in [0.1, 0.15) is 10.5 Å². The van der Waals surface area contributed by atoms with Gasteiger partial charge >= 0.3 is 13.7 Å². The molecule has 1 aromatic carbocycles. The molecule has 3 rings (SSSR count). The number of piperazine rings is 1. The van der Waals surface area contributed by atoms with Crippen LogP contribution in [0.2, 0.25) is 0 Å². The van der Waals surface area contributed by atoms with Gasteiger partial charge in [0.25, 0.3) is 5.91 Å². The van der Waals surface area contributed by atoms with Gasteiger partial charge in [0.1, 0.15) is 17.5 Å². The molecule has 13 heteroatoms. The second-order valence-corrected chi connectivity index (χ2v) is 9.31. The molecule has 12 nitrogen and oxygen atoms in total. The standard InChI is InChI=1S/C21H25N4O8P/c1-33-15-11-16(14-5-3-2-4-6-14)22-17(12-15)19(26)23-18(13-34(30,31)32)20(27)24-7-9-25(10-8-24)21(28)29/h2-6,11-12,18H,7-10,13H2,1H3,(H,23,26)(H,28,29)(H2,30,31,32)/t18-/m0/s1. The molecule has 0 spiro atoms. The van der Waals surface area contributed by atoms with Crippen molar-refractivity contribution < 1.29 is 38.6 Å². The number of benzene rings is 1. The second-order valence-electron chi connectivity index (χ2n) is 7.61. The lowest BCUT2D eigenvalue weighted by molar-refractivity contribution is -0.134. The largest absolute Gasteiger partial charge is 0.497 e. The van der Waals surface area contributed by atoms with E-state index < -0.39 is 37.7 Å². The number of hydrogen-bond acceptors (Lipinski definition) is 6. The number of carbonyl (C=O) groups excluding carboxylic acids is 2. The van der Waals surface area contributed by atoms with Crippen LogP contribution in [0.4, 0.5) is 4.79 Å². The highest BCUT2D eigenvalue weighted by molar-refractivity contribution is 7.51. The molecule has 0 aliphatic carbocycles. The van der Waals surface area contributed by atoms with Gasteiger partial charge in [0, 0.05) is 43.9 Å². The molecular formula is C21H25N4O8P. The molecule has 4 N–H and O–H groups in total. The van der Waals surface area contributed by atoms with Crippen molar-refractivity contribution in [3.05, 3.63) is 48.2 Å². The van der Waals surface area contributed by atoms with Crippen LogP contribution in [-0.4, -0.2) is 93.1 Å². The zero-order chi connectivity index (χ0) is 24.9. The van der Waals surface area contributed by atoms with E-state index in [1.54, 1.807) is 30.3 Å². The lowest BCUT2D eigenvalue weighted by Gasteiger charge is -2.35. The highest BCUT2D eigenvalue weighted by Crippen LogP contribution is 2.35. The minimum atomic E-state index is -4.69. The Morgan fingerprint density at radius 3 is 2.26 bits per heavy atom. The van der Waals surface area contributed by atoms with Crippen molar-refractivity contribution in [2.75, 3.05) is 39.5 Å². The molecule has 2 aromatic rings. The van der Waals surface area contributed by atoms with E-state index in [1.165, 1.54) is 18.1 Å². The Hall–Kier alpha value is -3.47. The minimum absolute atomic E-state index is 0.0359. The zero-order valence-electron chi connectivity index (χ0n) is 18.3. The predicted octanol–water partition coefficient (Wildman–Crippen LogP) is 0.856. The summed E-state index contributed by atoms with van der Waals surface area (Å²) in [7, 11) is -3.27. The van der Waals surface area contributed by atoms with Crippen molar-refractivity contribution in [2.45, 2.75) is 6.04 Å².